The topological polar surface area (TPSA) is 108 Å². The van der Waals surface area contributed by atoms with Crippen molar-refractivity contribution in [1.29, 1.82) is 0 Å². The lowest BCUT2D eigenvalue weighted by Gasteiger charge is -2.25. The maximum atomic E-state index is 12.4. The molecular formula is C14H25N3O4. The molecular weight excluding hydrogens is 274 g/mol. The van der Waals surface area contributed by atoms with E-state index in [1.54, 1.807) is 0 Å². The van der Waals surface area contributed by atoms with Crippen LogP contribution in [0.2, 0.25) is 0 Å². The van der Waals surface area contributed by atoms with Gasteiger partial charge in [-0.2, -0.15) is 0 Å². The van der Waals surface area contributed by atoms with Crippen molar-refractivity contribution in [3.05, 3.63) is 0 Å². The molecule has 0 radical (unpaired) electrons. The van der Waals surface area contributed by atoms with E-state index in [1.807, 2.05) is 27.7 Å². The number of carbonyl (C=O) groups is 3. The standard InChI is InChI=1S/C14H25N3O4/c1-5-8(4)11-14(21)16-10(7(2)3)13(20)15-9(6-18)12(19)17-11/h7-11,18H,5-6H2,1-4H3,(H,15,20)(H,16,21)(H,17,19)/t8?,9?,10-,11?/m0/s1. The third-order valence-electron chi connectivity index (χ3n) is 3.86. The minimum Gasteiger partial charge on any atom is -0.394 e. The van der Waals surface area contributed by atoms with Gasteiger partial charge in [0.05, 0.1) is 6.61 Å². The van der Waals surface area contributed by atoms with Crippen LogP contribution in [-0.4, -0.2) is 47.6 Å². The third kappa shape index (κ3) is 4.17. The van der Waals surface area contributed by atoms with E-state index in [1.165, 1.54) is 0 Å². The van der Waals surface area contributed by atoms with Crippen molar-refractivity contribution in [2.24, 2.45) is 11.8 Å². The Labute approximate surface area is 124 Å². The number of aliphatic hydroxyl groups is 1. The highest BCUT2D eigenvalue weighted by Gasteiger charge is 2.36. The van der Waals surface area contributed by atoms with Crippen molar-refractivity contribution >= 4 is 17.7 Å². The fourth-order valence-electron chi connectivity index (χ4n) is 2.19. The van der Waals surface area contributed by atoms with E-state index in [-0.39, 0.29) is 17.7 Å². The molecule has 0 spiro atoms. The Morgan fingerprint density at radius 1 is 0.952 bits per heavy atom. The van der Waals surface area contributed by atoms with Crippen LogP contribution < -0.4 is 16.0 Å². The van der Waals surface area contributed by atoms with Gasteiger partial charge in [0.15, 0.2) is 0 Å². The lowest BCUT2D eigenvalue weighted by Crippen LogP contribution is -2.54. The maximum absolute atomic E-state index is 12.4. The van der Waals surface area contributed by atoms with Crippen LogP contribution in [0.4, 0.5) is 0 Å². The highest BCUT2D eigenvalue weighted by molar-refractivity contribution is 5.97. The van der Waals surface area contributed by atoms with Crippen molar-refractivity contribution in [1.82, 2.24) is 16.0 Å². The molecule has 7 nitrogen and oxygen atoms in total. The van der Waals surface area contributed by atoms with Crippen LogP contribution in [0.25, 0.3) is 0 Å². The van der Waals surface area contributed by atoms with E-state index in [0.717, 1.165) is 0 Å². The molecule has 4 atom stereocenters. The summed E-state index contributed by atoms with van der Waals surface area (Å²) in [5.41, 5.74) is 0. The lowest BCUT2D eigenvalue weighted by molar-refractivity contribution is -0.131. The third-order valence-corrected chi connectivity index (χ3v) is 3.86. The largest absolute Gasteiger partial charge is 0.394 e. The van der Waals surface area contributed by atoms with Gasteiger partial charge in [-0.3, -0.25) is 14.4 Å². The summed E-state index contributed by atoms with van der Waals surface area (Å²) in [5, 5.41) is 17.1. The molecule has 21 heavy (non-hydrogen) atoms. The van der Waals surface area contributed by atoms with Crippen LogP contribution >= 0.6 is 0 Å². The monoisotopic (exact) mass is 299 g/mol. The average molecular weight is 299 g/mol. The summed E-state index contributed by atoms with van der Waals surface area (Å²) in [5.74, 6) is -1.58. The molecule has 0 aliphatic carbocycles. The summed E-state index contributed by atoms with van der Waals surface area (Å²) >= 11 is 0. The molecule has 0 aromatic heterocycles. The molecule has 3 unspecified atom stereocenters. The van der Waals surface area contributed by atoms with E-state index >= 15 is 0 Å². The van der Waals surface area contributed by atoms with E-state index < -0.39 is 36.5 Å². The maximum Gasteiger partial charge on any atom is 0.245 e. The van der Waals surface area contributed by atoms with Gasteiger partial charge in [0.2, 0.25) is 17.7 Å². The van der Waals surface area contributed by atoms with Gasteiger partial charge in [-0.25, -0.2) is 0 Å². The van der Waals surface area contributed by atoms with Crippen molar-refractivity contribution in [2.45, 2.75) is 52.2 Å². The van der Waals surface area contributed by atoms with Crippen LogP contribution in [0.5, 0.6) is 0 Å². The van der Waals surface area contributed by atoms with Crippen molar-refractivity contribution < 1.29 is 19.5 Å². The number of amides is 3. The second-order valence-electron chi connectivity index (χ2n) is 5.85. The number of nitrogens with one attached hydrogen (secondary N) is 3. The summed E-state index contributed by atoms with van der Waals surface area (Å²) in [6, 6.07) is -2.49. The summed E-state index contributed by atoms with van der Waals surface area (Å²) in [6.45, 7) is 6.89. The fourth-order valence-corrected chi connectivity index (χ4v) is 2.19. The van der Waals surface area contributed by atoms with Crippen LogP contribution in [0.1, 0.15) is 34.1 Å². The van der Waals surface area contributed by atoms with Gasteiger partial charge in [0, 0.05) is 0 Å². The van der Waals surface area contributed by atoms with Crippen molar-refractivity contribution in [3.63, 3.8) is 0 Å². The predicted molar refractivity (Wildman–Crippen MR) is 77.2 cm³/mol. The molecule has 4 N–H and O–H groups in total. The molecule has 1 aliphatic rings. The number of rotatable bonds is 4. The second kappa shape index (κ2) is 7.40. The molecule has 0 bridgehead atoms. The minimum atomic E-state index is -1.04. The number of carbonyl (C=O) groups excluding carboxylic acids is 3. The molecule has 1 rings (SSSR count). The highest BCUT2D eigenvalue weighted by atomic mass is 16.3. The van der Waals surface area contributed by atoms with Gasteiger partial charge in [0.25, 0.3) is 0 Å². The Morgan fingerprint density at radius 2 is 1.48 bits per heavy atom. The number of hydrogen-bond donors (Lipinski definition) is 4. The molecule has 1 heterocycles. The first-order chi connectivity index (χ1) is 9.81. The quantitative estimate of drug-likeness (QED) is 0.542. The van der Waals surface area contributed by atoms with Gasteiger partial charge in [-0.05, 0) is 11.8 Å². The van der Waals surface area contributed by atoms with E-state index in [4.69, 9.17) is 0 Å². The smallest absolute Gasteiger partial charge is 0.245 e. The molecule has 1 fully saturated rings. The minimum absolute atomic E-state index is 0.0747. The molecule has 0 aromatic carbocycles. The summed E-state index contributed by atoms with van der Waals surface area (Å²) in [7, 11) is 0. The highest BCUT2D eigenvalue weighted by Crippen LogP contribution is 2.12. The first kappa shape index (κ1) is 17.4. The molecule has 120 valence electrons. The molecule has 1 saturated heterocycles. The van der Waals surface area contributed by atoms with E-state index in [0.29, 0.717) is 6.42 Å². The Balaban J connectivity index is 3.11. The van der Waals surface area contributed by atoms with Gasteiger partial charge < -0.3 is 21.1 Å². The zero-order valence-electron chi connectivity index (χ0n) is 13.0. The predicted octanol–water partition coefficient (Wildman–Crippen LogP) is -0.851. The van der Waals surface area contributed by atoms with E-state index in [2.05, 4.69) is 16.0 Å². The first-order valence-corrected chi connectivity index (χ1v) is 7.33. The zero-order valence-corrected chi connectivity index (χ0v) is 13.0. The van der Waals surface area contributed by atoms with Crippen LogP contribution in [-0.2, 0) is 14.4 Å². The Bertz CT molecular complexity index is 411. The Kier molecular flexibility index (Phi) is 6.14. The summed E-state index contributed by atoms with van der Waals surface area (Å²) in [4.78, 5) is 36.6. The van der Waals surface area contributed by atoms with Gasteiger partial charge in [-0.1, -0.05) is 34.1 Å². The lowest BCUT2D eigenvalue weighted by atomic mass is 9.97. The second-order valence-corrected chi connectivity index (χ2v) is 5.85. The van der Waals surface area contributed by atoms with Crippen LogP contribution in [0, 0.1) is 11.8 Å². The van der Waals surface area contributed by atoms with E-state index in [9.17, 15) is 19.5 Å². The molecule has 0 saturated carbocycles. The van der Waals surface area contributed by atoms with Gasteiger partial charge >= 0.3 is 0 Å². The number of aliphatic hydroxyl groups excluding tert-OH is 1. The SMILES string of the molecule is CCC(C)C1NC(=O)C(CO)NC(=O)[C@H](C(C)C)NC1=O. The molecule has 1 aliphatic heterocycles. The number of hydrogen-bond acceptors (Lipinski definition) is 4. The van der Waals surface area contributed by atoms with Gasteiger partial charge in [0.1, 0.15) is 18.1 Å². The first-order valence-electron chi connectivity index (χ1n) is 7.33. The van der Waals surface area contributed by atoms with Gasteiger partial charge in [-0.15, -0.1) is 0 Å². The molecule has 0 aromatic rings. The normalized spacial score (nSPS) is 28.9. The van der Waals surface area contributed by atoms with Crippen LogP contribution in [0.15, 0.2) is 0 Å². The van der Waals surface area contributed by atoms with Crippen molar-refractivity contribution in [2.75, 3.05) is 6.61 Å². The van der Waals surface area contributed by atoms with Crippen LogP contribution in [0.3, 0.4) is 0 Å². The molecule has 3 amide bonds. The zero-order chi connectivity index (χ0) is 16.2. The molecule has 7 heteroatoms. The summed E-state index contributed by atoms with van der Waals surface area (Å²) < 4.78 is 0. The Hall–Kier alpha value is -1.63. The fraction of sp³-hybridized carbons (Fsp3) is 0.786. The Morgan fingerprint density at radius 3 is 1.95 bits per heavy atom. The summed E-state index contributed by atoms with van der Waals surface area (Å²) in [6.07, 6.45) is 0.704. The van der Waals surface area contributed by atoms with Crippen molar-refractivity contribution in [3.8, 4) is 0 Å². The average Bonchev–Trinajstić information content (AvgIpc) is 2.49.